The molecule has 88 valence electrons. The van der Waals surface area contributed by atoms with Gasteiger partial charge in [-0.05, 0) is 31.4 Å². The predicted octanol–water partition coefficient (Wildman–Crippen LogP) is 2.02. The van der Waals surface area contributed by atoms with Crippen LogP contribution in [-0.4, -0.2) is 35.3 Å². The van der Waals surface area contributed by atoms with Crippen molar-refractivity contribution in [3.05, 3.63) is 0 Å². The molecule has 1 aliphatic carbocycles. The van der Waals surface area contributed by atoms with Gasteiger partial charge in [0.05, 0.1) is 0 Å². The Hall–Kier alpha value is 0.270. The summed E-state index contributed by atoms with van der Waals surface area (Å²) in [6, 6.07) is 1.24. The van der Waals surface area contributed by atoms with E-state index in [9.17, 15) is 5.11 Å². The molecule has 3 atom stereocenters. The van der Waals surface area contributed by atoms with Crippen LogP contribution in [0.4, 0.5) is 0 Å². The highest BCUT2D eigenvalue weighted by molar-refractivity contribution is 7.99. The van der Waals surface area contributed by atoms with Crippen LogP contribution in [0.1, 0.15) is 39.0 Å². The molecule has 1 aliphatic heterocycles. The van der Waals surface area contributed by atoms with Crippen LogP contribution in [0, 0.1) is 5.41 Å². The molecule has 2 aliphatic rings. The number of aliphatic hydroxyl groups excluding tert-OH is 1. The summed E-state index contributed by atoms with van der Waals surface area (Å²) in [6.07, 6.45) is 6.38. The second-order valence-electron chi connectivity index (χ2n) is 5.34. The summed E-state index contributed by atoms with van der Waals surface area (Å²) in [5, 5.41) is 13.3. The first kappa shape index (κ1) is 11.7. The van der Waals surface area contributed by atoms with Crippen molar-refractivity contribution in [3.63, 3.8) is 0 Å². The van der Waals surface area contributed by atoms with Gasteiger partial charge in [-0.2, -0.15) is 11.8 Å². The molecule has 2 fully saturated rings. The van der Waals surface area contributed by atoms with Crippen LogP contribution in [0.25, 0.3) is 0 Å². The van der Waals surface area contributed by atoms with Gasteiger partial charge in [0.15, 0.2) is 0 Å². The van der Waals surface area contributed by atoms with E-state index in [0.29, 0.717) is 18.7 Å². The molecule has 1 heterocycles. The summed E-state index contributed by atoms with van der Waals surface area (Å²) < 4.78 is 0. The van der Waals surface area contributed by atoms with Crippen LogP contribution in [0.2, 0.25) is 0 Å². The summed E-state index contributed by atoms with van der Waals surface area (Å²) in [4.78, 5) is 0. The molecular weight excluding hydrogens is 206 g/mol. The minimum Gasteiger partial charge on any atom is -0.396 e. The molecule has 3 heteroatoms. The Morgan fingerprint density at radius 2 is 2.27 bits per heavy atom. The molecule has 2 rings (SSSR count). The van der Waals surface area contributed by atoms with Crippen molar-refractivity contribution in [2.45, 2.75) is 51.1 Å². The molecule has 1 saturated carbocycles. The average molecular weight is 229 g/mol. The molecule has 0 radical (unpaired) electrons. The van der Waals surface area contributed by atoms with Gasteiger partial charge >= 0.3 is 0 Å². The van der Waals surface area contributed by atoms with Gasteiger partial charge in [0.1, 0.15) is 0 Å². The van der Waals surface area contributed by atoms with Crippen molar-refractivity contribution in [1.29, 1.82) is 0 Å². The van der Waals surface area contributed by atoms with Gasteiger partial charge in [0.2, 0.25) is 0 Å². The third-order valence-corrected chi connectivity index (χ3v) is 5.26. The first-order valence-electron chi connectivity index (χ1n) is 6.19. The van der Waals surface area contributed by atoms with Crippen molar-refractivity contribution >= 4 is 11.8 Å². The van der Waals surface area contributed by atoms with Crippen LogP contribution in [-0.2, 0) is 0 Å². The van der Waals surface area contributed by atoms with Gasteiger partial charge in [-0.15, -0.1) is 0 Å². The van der Waals surface area contributed by atoms with E-state index < -0.39 is 0 Å². The summed E-state index contributed by atoms with van der Waals surface area (Å²) >= 11 is 2.07. The van der Waals surface area contributed by atoms with Gasteiger partial charge in [-0.25, -0.2) is 0 Å². The maximum Gasteiger partial charge on any atom is 0.0499 e. The van der Waals surface area contributed by atoms with Crippen molar-refractivity contribution in [3.8, 4) is 0 Å². The topological polar surface area (TPSA) is 32.3 Å². The van der Waals surface area contributed by atoms with Gasteiger partial charge in [0, 0.05) is 29.9 Å². The highest BCUT2D eigenvalue weighted by Gasteiger charge is 2.39. The summed E-state index contributed by atoms with van der Waals surface area (Å²) in [5.41, 5.74) is 0.141. The molecular formula is C12H23NOS. The zero-order chi connectivity index (χ0) is 10.7. The van der Waals surface area contributed by atoms with E-state index in [2.05, 4.69) is 24.0 Å². The molecule has 2 N–H and O–H groups in total. The highest BCUT2D eigenvalue weighted by Crippen LogP contribution is 2.38. The summed E-state index contributed by atoms with van der Waals surface area (Å²) in [5.74, 6) is 2.60. The molecule has 15 heavy (non-hydrogen) atoms. The van der Waals surface area contributed by atoms with E-state index in [-0.39, 0.29) is 5.41 Å². The minimum absolute atomic E-state index is 0.141. The fourth-order valence-corrected chi connectivity index (χ4v) is 3.95. The van der Waals surface area contributed by atoms with E-state index in [1.165, 1.54) is 43.6 Å². The van der Waals surface area contributed by atoms with Crippen LogP contribution >= 0.6 is 11.8 Å². The molecule has 0 spiro atoms. The third-order valence-electron chi connectivity index (χ3n) is 4.04. The second-order valence-corrected chi connectivity index (χ2v) is 6.49. The number of hydrogen-bond acceptors (Lipinski definition) is 3. The molecule has 0 bridgehead atoms. The number of nitrogens with one attached hydrogen (secondary N) is 1. The highest BCUT2D eigenvalue weighted by atomic mass is 32.2. The zero-order valence-corrected chi connectivity index (χ0v) is 10.5. The van der Waals surface area contributed by atoms with Crippen LogP contribution in [0.3, 0.4) is 0 Å². The Morgan fingerprint density at radius 3 is 2.93 bits per heavy atom. The predicted molar refractivity (Wildman–Crippen MR) is 66.3 cm³/mol. The van der Waals surface area contributed by atoms with Crippen molar-refractivity contribution in [2.24, 2.45) is 5.41 Å². The van der Waals surface area contributed by atoms with Gasteiger partial charge in [-0.3, -0.25) is 0 Å². The van der Waals surface area contributed by atoms with Gasteiger partial charge < -0.3 is 10.4 Å². The van der Waals surface area contributed by atoms with E-state index in [4.69, 9.17) is 0 Å². The molecule has 0 aromatic carbocycles. The Bertz CT molecular complexity index is 206. The second kappa shape index (κ2) is 5.07. The van der Waals surface area contributed by atoms with Crippen molar-refractivity contribution < 1.29 is 5.11 Å². The lowest BCUT2D eigenvalue weighted by Gasteiger charge is -2.34. The molecule has 0 aromatic heterocycles. The number of hydrogen-bond donors (Lipinski definition) is 2. The van der Waals surface area contributed by atoms with Crippen LogP contribution in [0.5, 0.6) is 0 Å². The molecule has 0 aromatic rings. The standard InChI is InChI=1S/C12H23NOS/c1-12(9-14)6-2-5-11(12)13-10-4-3-7-15-8-10/h10-11,13-14H,2-9H2,1H3. The third kappa shape index (κ3) is 2.69. The lowest BCUT2D eigenvalue weighted by atomic mass is 9.85. The van der Waals surface area contributed by atoms with Crippen molar-refractivity contribution in [1.82, 2.24) is 5.32 Å². The maximum absolute atomic E-state index is 9.48. The average Bonchev–Trinajstić information content (AvgIpc) is 2.63. The Labute approximate surface area is 97.2 Å². The molecule has 0 amide bonds. The van der Waals surface area contributed by atoms with E-state index in [1.807, 2.05) is 0 Å². The SMILES string of the molecule is CC1(CO)CCCC1NC1CCCSC1. The minimum atomic E-state index is 0.141. The normalized spacial score (nSPS) is 42.0. The fourth-order valence-electron chi connectivity index (χ4n) is 2.86. The Balaban J connectivity index is 1.87. The van der Waals surface area contributed by atoms with E-state index in [0.717, 1.165) is 0 Å². The first-order chi connectivity index (χ1) is 7.24. The monoisotopic (exact) mass is 229 g/mol. The zero-order valence-electron chi connectivity index (χ0n) is 9.67. The first-order valence-corrected chi connectivity index (χ1v) is 7.35. The summed E-state index contributed by atoms with van der Waals surface area (Å²) in [6.45, 7) is 2.57. The lowest BCUT2D eigenvalue weighted by Crippen LogP contribution is -2.48. The van der Waals surface area contributed by atoms with E-state index in [1.54, 1.807) is 0 Å². The van der Waals surface area contributed by atoms with Gasteiger partial charge in [0.25, 0.3) is 0 Å². The quantitative estimate of drug-likeness (QED) is 0.776. The lowest BCUT2D eigenvalue weighted by molar-refractivity contribution is 0.114. The number of aliphatic hydroxyl groups is 1. The van der Waals surface area contributed by atoms with Crippen molar-refractivity contribution in [2.75, 3.05) is 18.1 Å². The smallest absolute Gasteiger partial charge is 0.0499 e. The Kier molecular flexibility index (Phi) is 3.97. The largest absolute Gasteiger partial charge is 0.396 e. The molecule has 1 saturated heterocycles. The van der Waals surface area contributed by atoms with Gasteiger partial charge in [-0.1, -0.05) is 13.3 Å². The van der Waals surface area contributed by atoms with Crippen LogP contribution < -0.4 is 5.32 Å². The maximum atomic E-state index is 9.48. The van der Waals surface area contributed by atoms with E-state index >= 15 is 0 Å². The Morgan fingerprint density at radius 1 is 1.40 bits per heavy atom. The molecule has 2 nitrogen and oxygen atoms in total. The number of rotatable bonds is 3. The molecule has 3 unspecified atom stereocenters. The summed E-state index contributed by atoms with van der Waals surface area (Å²) in [7, 11) is 0. The number of thioether (sulfide) groups is 1. The fraction of sp³-hybridized carbons (Fsp3) is 1.00. The van der Waals surface area contributed by atoms with Crippen LogP contribution in [0.15, 0.2) is 0 Å².